The lowest BCUT2D eigenvalue weighted by molar-refractivity contribution is 0.114. The SMILES string of the molecule is O=S(=O)(Cc1noc2ccccc12)NCC1CCCO1. The minimum absolute atomic E-state index is 0.0150. The van der Waals surface area contributed by atoms with Crippen molar-refractivity contribution in [2.75, 3.05) is 13.2 Å². The molecule has 6 nitrogen and oxygen atoms in total. The fourth-order valence-corrected chi connectivity index (χ4v) is 3.41. The Bertz CT molecular complexity index is 689. The van der Waals surface area contributed by atoms with Gasteiger partial charge >= 0.3 is 0 Å². The van der Waals surface area contributed by atoms with Gasteiger partial charge in [0.05, 0.1) is 6.10 Å². The van der Waals surface area contributed by atoms with E-state index in [1.807, 2.05) is 12.1 Å². The highest BCUT2D eigenvalue weighted by Crippen LogP contribution is 2.19. The Hall–Kier alpha value is -1.44. The van der Waals surface area contributed by atoms with Crippen LogP contribution in [0.15, 0.2) is 28.8 Å². The second-order valence-electron chi connectivity index (χ2n) is 4.87. The average Bonchev–Trinajstić information content (AvgIpc) is 3.07. The lowest BCUT2D eigenvalue weighted by atomic mass is 10.2. The number of hydrogen-bond donors (Lipinski definition) is 1. The average molecular weight is 296 g/mol. The zero-order chi connectivity index (χ0) is 14.0. The van der Waals surface area contributed by atoms with Crippen molar-refractivity contribution in [3.63, 3.8) is 0 Å². The van der Waals surface area contributed by atoms with E-state index in [0.29, 0.717) is 24.4 Å². The Morgan fingerprint density at radius 3 is 3.00 bits per heavy atom. The van der Waals surface area contributed by atoms with Crippen LogP contribution in [0.25, 0.3) is 11.0 Å². The number of hydrogen-bond acceptors (Lipinski definition) is 5. The second kappa shape index (κ2) is 5.51. The fourth-order valence-electron chi connectivity index (χ4n) is 2.30. The molecule has 20 heavy (non-hydrogen) atoms. The van der Waals surface area contributed by atoms with E-state index in [1.165, 1.54) is 0 Å². The molecule has 1 N–H and O–H groups in total. The molecule has 1 atom stereocenters. The molecular weight excluding hydrogens is 280 g/mol. The number of nitrogens with zero attached hydrogens (tertiary/aromatic N) is 1. The predicted octanol–water partition coefficient (Wildman–Crippen LogP) is 1.43. The highest BCUT2D eigenvalue weighted by molar-refractivity contribution is 7.88. The molecule has 1 saturated heterocycles. The van der Waals surface area contributed by atoms with Gasteiger partial charge in [0.15, 0.2) is 5.58 Å². The first kappa shape index (κ1) is 13.5. The molecule has 1 aliphatic rings. The predicted molar refractivity (Wildman–Crippen MR) is 73.6 cm³/mol. The summed E-state index contributed by atoms with van der Waals surface area (Å²) in [5.41, 5.74) is 1.03. The summed E-state index contributed by atoms with van der Waals surface area (Å²) in [4.78, 5) is 0. The van der Waals surface area contributed by atoms with Crippen LogP contribution in [0, 0.1) is 0 Å². The first-order valence-electron chi connectivity index (χ1n) is 6.56. The van der Waals surface area contributed by atoms with E-state index in [-0.39, 0.29) is 11.9 Å². The van der Waals surface area contributed by atoms with Crippen LogP contribution in [0.2, 0.25) is 0 Å². The maximum absolute atomic E-state index is 12.0. The molecular formula is C13H16N2O4S. The van der Waals surface area contributed by atoms with Gasteiger partial charge in [-0.25, -0.2) is 13.1 Å². The minimum Gasteiger partial charge on any atom is -0.377 e. The molecule has 2 aromatic rings. The van der Waals surface area contributed by atoms with E-state index < -0.39 is 10.0 Å². The topological polar surface area (TPSA) is 81.4 Å². The molecule has 1 aromatic carbocycles. The third-order valence-electron chi connectivity index (χ3n) is 3.33. The quantitative estimate of drug-likeness (QED) is 0.902. The molecule has 0 saturated carbocycles. The van der Waals surface area contributed by atoms with Crippen molar-refractivity contribution in [2.45, 2.75) is 24.7 Å². The van der Waals surface area contributed by atoms with E-state index in [9.17, 15) is 8.42 Å². The van der Waals surface area contributed by atoms with Gasteiger partial charge in [0.1, 0.15) is 11.4 Å². The lowest BCUT2D eigenvalue weighted by Crippen LogP contribution is -2.32. The van der Waals surface area contributed by atoms with Crippen LogP contribution in [0.4, 0.5) is 0 Å². The Labute approximate surface area is 117 Å². The zero-order valence-corrected chi connectivity index (χ0v) is 11.7. The van der Waals surface area contributed by atoms with Crippen LogP contribution in [-0.2, 0) is 20.5 Å². The summed E-state index contributed by atoms with van der Waals surface area (Å²) in [5.74, 6) is -0.184. The van der Waals surface area contributed by atoms with Gasteiger partial charge in [0.2, 0.25) is 10.0 Å². The van der Waals surface area contributed by atoms with Crippen LogP contribution in [0.3, 0.4) is 0 Å². The van der Waals surface area contributed by atoms with Crippen LogP contribution in [-0.4, -0.2) is 32.8 Å². The van der Waals surface area contributed by atoms with Crippen LogP contribution >= 0.6 is 0 Å². The Kier molecular flexibility index (Phi) is 3.73. The van der Waals surface area contributed by atoms with Crippen molar-refractivity contribution < 1.29 is 17.7 Å². The third kappa shape index (κ3) is 3.00. The highest BCUT2D eigenvalue weighted by atomic mass is 32.2. The van der Waals surface area contributed by atoms with E-state index in [2.05, 4.69) is 9.88 Å². The zero-order valence-electron chi connectivity index (χ0n) is 10.9. The molecule has 1 unspecified atom stereocenters. The summed E-state index contributed by atoms with van der Waals surface area (Å²) in [7, 11) is -3.44. The van der Waals surface area contributed by atoms with Gasteiger partial charge in [0.25, 0.3) is 0 Å². The molecule has 1 aliphatic heterocycles. The van der Waals surface area contributed by atoms with Gasteiger partial charge < -0.3 is 9.26 Å². The van der Waals surface area contributed by atoms with Crippen molar-refractivity contribution in [3.8, 4) is 0 Å². The van der Waals surface area contributed by atoms with E-state index in [1.54, 1.807) is 12.1 Å². The van der Waals surface area contributed by atoms with Crippen LogP contribution < -0.4 is 4.72 Å². The van der Waals surface area contributed by atoms with Gasteiger partial charge in [-0.1, -0.05) is 17.3 Å². The fraction of sp³-hybridized carbons (Fsp3) is 0.462. The molecule has 0 aliphatic carbocycles. The summed E-state index contributed by atoms with van der Waals surface area (Å²) in [5, 5.41) is 4.57. The Morgan fingerprint density at radius 1 is 1.35 bits per heavy atom. The highest BCUT2D eigenvalue weighted by Gasteiger charge is 2.21. The number of benzene rings is 1. The van der Waals surface area contributed by atoms with Gasteiger partial charge in [-0.2, -0.15) is 0 Å². The van der Waals surface area contributed by atoms with Crippen molar-refractivity contribution >= 4 is 21.0 Å². The van der Waals surface area contributed by atoms with Crippen molar-refractivity contribution in [3.05, 3.63) is 30.0 Å². The number of nitrogens with one attached hydrogen (secondary N) is 1. The molecule has 2 heterocycles. The number of fused-ring (bicyclic) bond motifs is 1. The van der Waals surface area contributed by atoms with Crippen molar-refractivity contribution in [1.82, 2.24) is 9.88 Å². The minimum atomic E-state index is -3.44. The first-order valence-corrected chi connectivity index (χ1v) is 8.21. The number of para-hydroxylation sites is 1. The molecule has 0 amide bonds. The standard InChI is InChI=1S/C13H16N2O4S/c16-20(17,14-8-10-4-3-7-18-10)9-12-11-5-1-2-6-13(11)19-15-12/h1-2,5-6,10,14H,3-4,7-9H2. The van der Waals surface area contributed by atoms with E-state index in [4.69, 9.17) is 9.26 Å². The summed E-state index contributed by atoms with van der Waals surface area (Å²) in [6.07, 6.45) is 1.87. The van der Waals surface area contributed by atoms with Gasteiger partial charge in [-0.15, -0.1) is 0 Å². The smallest absolute Gasteiger partial charge is 0.217 e. The summed E-state index contributed by atoms with van der Waals surface area (Å²) in [6, 6.07) is 7.21. The monoisotopic (exact) mass is 296 g/mol. The Morgan fingerprint density at radius 2 is 2.20 bits per heavy atom. The molecule has 108 valence electrons. The molecule has 7 heteroatoms. The van der Waals surface area contributed by atoms with Gasteiger partial charge in [-0.3, -0.25) is 0 Å². The normalized spacial score (nSPS) is 19.7. The maximum atomic E-state index is 12.0. The number of aromatic nitrogens is 1. The molecule has 0 radical (unpaired) electrons. The third-order valence-corrected chi connectivity index (χ3v) is 4.59. The summed E-state index contributed by atoms with van der Waals surface area (Å²) < 4.78 is 37.2. The van der Waals surface area contributed by atoms with E-state index >= 15 is 0 Å². The van der Waals surface area contributed by atoms with Gasteiger partial charge in [0, 0.05) is 18.5 Å². The molecule has 1 fully saturated rings. The lowest BCUT2D eigenvalue weighted by Gasteiger charge is -2.10. The van der Waals surface area contributed by atoms with E-state index in [0.717, 1.165) is 18.2 Å². The molecule has 1 aromatic heterocycles. The first-order chi connectivity index (χ1) is 9.64. The maximum Gasteiger partial charge on any atom is 0.217 e. The van der Waals surface area contributed by atoms with Crippen LogP contribution in [0.1, 0.15) is 18.5 Å². The summed E-state index contributed by atoms with van der Waals surface area (Å²) in [6.45, 7) is 1.03. The van der Waals surface area contributed by atoms with Crippen LogP contribution in [0.5, 0.6) is 0 Å². The largest absolute Gasteiger partial charge is 0.377 e. The molecule has 3 rings (SSSR count). The number of sulfonamides is 1. The summed E-state index contributed by atoms with van der Waals surface area (Å²) >= 11 is 0. The second-order valence-corrected chi connectivity index (χ2v) is 6.67. The van der Waals surface area contributed by atoms with Crippen molar-refractivity contribution in [1.29, 1.82) is 0 Å². The molecule has 0 spiro atoms. The number of rotatable bonds is 5. The van der Waals surface area contributed by atoms with Gasteiger partial charge in [-0.05, 0) is 25.0 Å². The molecule has 0 bridgehead atoms. The van der Waals surface area contributed by atoms with Crippen molar-refractivity contribution in [2.24, 2.45) is 0 Å². The Balaban J connectivity index is 1.69. The number of ether oxygens (including phenoxy) is 1.